The number of urea groups is 1. The van der Waals surface area contributed by atoms with Crippen LogP contribution in [-0.4, -0.2) is 23.7 Å². The number of hydrogen-bond donors (Lipinski definition) is 3. The second-order valence-electron chi connectivity index (χ2n) is 6.28. The highest BCUT2D eigenvalue weighted by atomic mass is 16.4. The van der Waals surface area contributed by atoms with E-state index < -0.39 is 5.97 Å². The van der Waals surface area contributed by atoms with Crippen molar-refractivity contribution < 1.29 is 14.7 Å². The zero-order valence-corrected chi connectivity index (χ0v) is 12.8. The number of aliphatic carboxylic acids is 1. The SMILES string of the molecule is CC(C)(C)CNC(=O)NC(CCC(=O)O)c1ccccc1. The quantitative estimate of drug-likeness (QED) is 0.754. The minimum absolute atomic E-state index is 0.000643. The van der Waals surface area contributed by atoms with Gasteiger partial charge in [-0.2, -0.15) is 0 Å². The second kappa shape index (κ2) is 7.67. The van der Waals surface area contributed by atoms with Gasteiger partial charge in [0.05, 0.1) is 6.04 Å². The summed E-state index contributed by atoms with van der Waals surface area (Å²) in [6, 6.07) is 8.83. The molecule has 0 radical (unpaired) electrons. The Hall–Kier alpha value is -2.04. The summed E-state index contributed by atoms with van der Waals surface area (Å²) < 4.78 is 0. The number of amides is 2. The summed E-state index contributed by atoms with van der Waals surface area (Å²) in [6.07, 6.45) is 0.376. The fourth-order valence-electron chi connectivity index (χ4n) is 1.83. The molecule has 0 aliphatic rings. The molecule has 21 heavy (non-hydrogen) atoms. The molecule has 1 aromatic carbocycles. The van der Waals surface area contributed by atoms with E-state index >= 15 is 0 Å². The molecular weight excluding hydrogens is 268 g/mol. The molecule has 1 aromatic rings. The molecule has 0 aromatic heterocycles. The molecule has 5 nitrogen and oxygen atoms in total. The van der Waals surface area contributed by atoms with Crippen molar-refractivity contribution >= 4 is 12.0 Å². The van der Waals surface area contributed by atoms with Gasteiger partial charge in [0.15, 0.2) is 0 Å². The lowest BCUT2D eigenvalue weighted by molar-refractivity contribution is -0.137. The van der Waals surface area contributed by atoms with Crippen LogP contribution < -0.4 is 10.6 Å². The standard InChI is InChI=1S/C16H24N2O3/c1-16(2,3)11-17-15(21)18-13(9-10-14(19)20)12-7-5-4-6-8-12/h4-8,13H,9-11H2,1-3H3,(H,19,20)(H2,17,18,21). The summed E-state index contributed by atoms with van der Waals surface area (Å²) in [5, 5.41) is 14.5. The van der Waals surface area contributed by atoms with Crippen molar-refractivity contribution in [3.63, 3.8) is 0 Å². The third-order valence-electron chi connectivity index (χ3n) is 2.93. The molecular formula is C16H24N2O3. The second-order valence-corrected chi connectivity index (χ2v) is 6.28. The Bertz CT molecular complexity index is 466. The Kier molecular flexibility index (Phi) is 6.21. The molecule has 0 saturated carbocycles. The number of carbonyl (C=O) groups excluding carboxylic acids is 1. The maximum Gasteiger partial charge on any atom is 0.315 e. The Morgan fingerprint density at radius 1 is 1.19 bits per heavy atom. The van der Waals surface area contributed by atoms with Crippen LogP contribution >= 0.6 is 0 Å². The monoisotopic (exact) mass is 292 g/mol. The van der Waals surface area contributed by atoms with E-state index in [-0.39, 0.29) is 23.9 Å². The number of carboxylic acids is 1. The van der Waals surface area contributed by atoms with Crippen LogP contribution in [0.25, 0.3) is 0 Å². The summed E-state index contributed by atoms with van der Waals surface area (Å²) in [5.74, 6) is -0.868. The van der Waals surface area contributed by atoms with E-state index in [1.54, 1.807) is 0 Å². The molecule has 5 heteroatoms. The topological polar surface area (TPSA) is 78.4 Å². The average Bonchev–Trinajstić information content (AvgIpc) is 2.41. The summed E-state index contributed by atoms with van der Waals surface area (Å²) in [7, 11) is 0. The minimum atomic E-state index is -0.868. The Balaban J connectivity index is 2.64. The third-order valence-corrected chi connectivity index (χ3v) is 2.93. The summed E-state index contributed by atoms with van der Waals surface area (Å²) in [5.41, 5.74) is 0.908. The Morgan fingerprint density at radius 2 is 1.81 bits per heavy atom. The largest absolute Gasteiger partial charge is 0.481 e. The zero-order chi connectivity index (χ0) is 15.9. The van der Waals surface area contributed by atoms with Gasteiger partial charge >= 0.3 is 12.0 Å². The lowest BCUT2D eigenvalue weighted by Crippen LogP contribution is -2.41. The molecule has 1 unspecified atom stereocenters. The Morgan fingerprint density at radius 3 is 2.33 bits per heavy atom. The van der Waals surface area contributed by atoms with Crippen molar-refractivity contribution in [1.29, 1.82) is 0 Å². The highest BCUT2D eigenvalue weighted by Crippen LogP contribution is 2.18. The summed E-state index contributed by atoms with van der Waals surface area (Å²) in [4.78, 5) is 22.7. The van der Waals surface area contributed by atoms with Gasteiger partial charge in [-0.25, -0.2) is 4.79 Å². The smallest absolute Gasteiger partial charge is 0.315 e. The highest BCUT2D eigenvalue weighted by molar-refractivity contribution is 5.74. The first-order valence-corrected chi connectivity index (χ1v) is 7.09. The van der Waals surface area contributed by atoms with Gasteiger partial charge in [-0.15, -0.1) is 0 Å². The van der Waals surface area contributed by atoms with E-state index in [1.165, 1.54) is 0 Å². The first-order chi connectivity index (χ1) is 9.78. The highest BCUT2D eigenvalue weighted by Gasteiger charge is 2.17. The van der Waals surface area contributed by atoms with Crippen LogP contribution in [0.5, 0.6) is 0 Å². The molecule has 1 rings (SSSR count). The number of carboxylic acid groups (broad SMARTS) is 1. The number of benzene rings is 1. The molecule has 0 aliphatic heterocycles. The molecule has 0 heterocycles. The number of rotatable bonds is 6. The first-order valence-electron chi connectivity index (χ1n) is 7.09. The molecule has 0 spiro atoms. The van der Waals surface area contributed by atoms with Crippen molar-refractivity contribution in [3.8, 4) is 0 Å². The maximum absolute atomic E-state index is 11.9. The summed E-state index contributed by atoms with van der Waals surface area (Å²) >= 11 is 0. The zero-order valence-electron chi connectivity index (χ0n) is 12.8. The van der Waals surface area contributed by atoms with E-state index in [1.807, 2.05) is 51.1 Å². The molecule has 0 aliphatic carbocycles. The first kappa shape index (κ1) is 17.0. The molecule has 2 amide bonds. The van der Waals surface area contributed by atoms with Crippen molar-refractivity contribution in [2.45, 2.75) is 39.7 Å². The van der Waals surface area contributed by atoms with Gasteiger partial charge in [0, 0.05) is 13.0 Å². The third kappa shape index (κ3) is 7.34. The van der Waals surface area contributed by atoms with Crippen LogP contribution in [0, 0.1) is 5.41 Å². The summed E-state index contributed by atoms with van der Waals surface area (Å²) in [6.45, 7) is 6.66. The van der Waals surface area contributed by atoms with E-state index in [4.69, 9.17) is 5.11 Å². The van der Waals surface area contributed by atoms with Gasteiger partial charge in [0.25, 0.3) is 0 Å². The lowest BCUT2D eigenvalue weighted by Gasteiger charge is -2.22. The van der Waals surface area contributed by atoms with Gasteiger partial charge in [-0.3, -0.25) is 4.79 Å². The van der Waals surface area contributed by atoms with E-state index in [0.717, 1.165) is 5.56 Å². The molecule has 116 valence electrons. The van der Waals surface area contributed by atoms with Crippen LogP contribution in [-0.2, 0) is 4.79 Å². The van der Waals surface area contributed by atoms with Gasteiger partial charge in [-0.1, -0.05) is 51.1 Å². The Labute approximate surface area is 125 Å². The van der Waals surface area contributed by atoms with Crippen molar-refractivity contribution in [1.82, 2.24) is 10.6 Å². The van der Waals surface area contributed by atoms with Crippen molar-refractivity contribution in [2.75, 3.05) is 6.54 Å². The maximum atomic E-state index is 11.9. The van der Waals surface area contributed by atoms with Crippen molar-refractivity contribution in [2.24, 2.45) is 5.41 Å². The molecule has 0 saturated heterocycles. The van der Waals surface area contributed by atoms with Gasteiger partial charge in [0.2, 0.25) is 0 Å². The van der Waals surface area contributed by atoms with Gasteiger partial charge in [-0.05, 0) is 17.4 Å². The predicted molar refractivity (Wildman–Crippen MR) is 82.0 cm³/mol. The van der Waals surface area contributed by atoms with Crippen LogP contribution in [0.1, 0.15) is 45.2 Å². The number of carbonyl (C=O) groups is 2. The van der Waals surface area contributed by atoms with Crippen molar-refractivity contribution in [3.05, 3.63) is 35.9 Å². The number of hydrogen-bond acceptors (Lipinski definition) is 2. The van der Waals surface area contributed by atoms with Crippen LogP contribution in [0.15, 0.2) is 30.3 Å². The van der Waals surface area contributed by atoms with E-state index in [2.05, 4.69) is 10.6 Å². The number of nitrogens with one attached hydrogen (secondary N) is 2. The molecule has 3 N–H and O–H groups in total. The van der Waals surface area contributed by atoms with E-state index in [0.29, 0.717) is 13.0 Å². The average molecular weight is 292 g/mol. The van der Waals surface area contributed by atoms with Crippen LogP contribution in [0.4, 0.5) is 4.79 Å². The minimum Gasteiger partial charge on any atom is -0.481 e. The normalized spacial score (nSPS) is 12.5. The van der Waals surface area contributed by atoms with Gasteiger partial charge < -0.3 is 15.7 Å². The van der Waals surface area contributed by atoms with Crippen LogP contribution in [0.3, 0.4) is 0 Å². The fourth-order valence-corrected chi connectivity index (χ4v) is 1.83. The molecule has 1 atom stereocenters. The lowest BCUT2D eigenvalue weighted by atomic mass is 9.97. The predicted octanol–water partition coefficient (Wildman–Crippen LogP) is 2.94. The molecule has 0 fully saturated rings. The van der Waals surface area contributed by atoms with Gasteiger partial charge in [0.1, 0.15) is 0 Å². The molecule has 0 bridgehead atoms. The van der Waals surface area contributed by atoms with Crippen LogP contribution in [0.2, 0.25) is 0 Å². The fraction of sp³-hybridized carbons (Fsp3) is 0.500. The van der Waals surface area contributed by atoms with E-state index in [9.17, 15) is 9.59 Å².